The molecule has 1 saturated heterocycles. The second-order valence-corrected chi connectivity index (χ2v) is 5.07. The SMILES string of the molecule is CCOC(=O)CC1CCN(C2CCC2)CC1. The summed E-state index contributed by atoms with van der Waals surface area (Å²) in [7, 11) is 0. The number of rotatable bonds is 4. The molecule has 0 amide bonds. The summed E-state index contributed by atoms with van der Waals surface area (Å²) in [6.07, 6.45) is 7.18. The lowest BCUT2D eigenvalue weighted by Crippen LogP contribution is -2.45. The zero-order valence-electron chi connectivity index (χ0n) is 10.3. The Labute approximate surface area is 98.1 Å². The van der Waals surface area contributed by atoms with Crippen LogP contribution in [0.2, 0.25) is 0 Å². The second kappa shape index (κ2) is 5.67. The van der Waals surface area contributed by atoms with Gasteiger partial charge in [-0.15, -0.1) is 0 Å². The first-order chi connectivity index (χ1) is 7.79. The van der Waals surface area contributed by atoms with Crippen molar-refractivity contribution < 1.29 is 9.53 Å². The number of carbonyl (C=O) groups excluding carboxylic acids is 1. The molecule has 3 heteroatoms. The fourth-order valence-electron chi connectivity index (χ4n) is 2.73. The molecule has 0 bridgehead atoms. The topological polar surface area (TPSA) is 29.5 Å². The van der Waals surface area contributed by atoms with E-state index < -0.39 is 0 Å². The number of carbonyl (C=O) groups is 1. The molecule has 0 aromatic rings. The summed E-state index contributed by atoms with van der Waals surface area (Å²) in [5.74, 6) is 0.556. The van der Waals surface area contributed by atoms with E-state index in [-0.39, 0.29) is 5.97 Å². The van der Waals surface area contributed by atoms with E-state index in [9.17, 15) is 4.79 Å². The lowest BCUT2D eigenvalue weighted by atomic mass is 9.87. The molecule has 0 unspecified atom stereocenters. The highest BCUT2D eigenvalue weighted by Crippen LogP contribution is 2.29. The molecule has 0 aromatic carbocycles. The van der Waals surface area contributed by atoms with Crippen molar-refractivity contribution in [1.82, 2.24) is 4.90 Å². The number of ether oxygens (including phenoxy) is 1. The maximum Gasteiger partial charge on any atom is 0.306 e. The summed E-state index contributed by atoms with van der Waals surface area (Å²) in [4.78, 5) is 14.0. The average Bonchev–Trinajstić information content (AvgIpc) is 2.18. The van der Waals surface area contributed by atoms with Crippen LogP contribution in [-0.4, -0.2) is 36.6 Å². The Balaban J connectivity index is 1.66. The molecule has 0 N–H and O–H groups in total. The molecule has 0 radical (unpaired) electrons. The van der Waals surface area contributed by atoms with Gasteiger partial charge in [0.2, 0.25) is 0 Å². The van der Waals surface area contributed by atoms with Crippen LogP contribution in [0.15, 0.2) is 0 Å². The van der Waals surface area contributed by atoms with Crippen LogP contribution >= 0.6 is 0 Å². The van der Waals surface area contributed by atoms with Crippen LogP contribution in [0.1, 0.15) is 45.4 Å². The Morgan fingerprint density at radius 3 is 2.44 bits per heavy atom. The van der Waals surface area contributed by atoms with Gasteiger partial charge in [-0.05, 0) is 51.6 Å². The molecule has 16 heavy (non-hydrogen) atoms. The number of piperidine rings is 1. The number of likely N-dealkylation sites (tertiary alicyclic amines) is 1. The van der Waals surface area contributed by atoms with Gasteiger partial charge < -0.3 is 9.64 Å². The Morgan fingerprint density at radius 2 is 1.94 bits per heavy atom. The second-order valence-electron chi connectivity index (χ2n) is 5.07. The fraction of sp³-hybridized carbons (Fsp3) is 0.923. The van der Waals surface area contributed by atoms with Gasteiger partial charge in [-0.2, -0.15) is 0 Å². The predicted octanol–water partition coefficient (Wildman–Crippen LogP) is 2.20. The maximum absolute atomic E-state index is 11.4. The van der Waals surface area contributed by atoms with Gasteiger partial charge in [0.15, 0.2) is 0 Å². The lowest BCUT2D eigenvalue weighted by Gasteiger charge is -2.41. The minimum atomic E-state index is -0.00964. The Hall–Kier alpha value is -0.570. The number of hydrogen-bond donors (Lipinski definition) is 0. The van der Waals surface area contributed by atoms with Crippen molar-refractivity contribution in [3.05, 3.63) is 0 Å². The minimum Gasteiger partial charge on any atom is -0.466 e. The third-order valence-corrected chi connectivity index (χ3v) is 4.00. The van der Waals surface area contributed by atoms with E-state index in [0.29, 0.717) is 18.9 Å². The number of nitrogens with zero attached hydrogens (tertiary/aromatic N) is 1. The molecule has 1 heterocycles. The largest absolute Gasteiger partial charge is 0.466 e. The van der Waals surface area contributed by atoms with Crippen molar-refractivity contribution in [2.45, 2.75) is 51.5 Å². The normalized spacial score (nSPS) is 24.1. The van der Waals surface area contributed by atoms with Crippen LogP contribution in [0.5, 0.6) is 0 Å². The first kappa shape index (κ1) is 11.9. The van der Waals surface area contributed by atoms with Crippen LogP contribution in [0.25, 0.3) is 0 Å². The Kier molecular flexibility index (Phi) is 4.22. The van der Waals surface area contributed by atoms with E-state index >= 15 is 0 Å². The quantitative estimate of drug-likeness (QED) is 0.687. The first-order valence-electron chi connectivity index (χ1n) is 6.69. The zero-order chi connectivity index (χ0) is 11.4. The van der Waals surface area contributed by atoms with Gasteiger partial charge in [0.25, 0.3) is 0 Å². The highest BCUT2D eigenvalue weighted by molar-refractivity contribution is 5.69. The van der Waals surface area contributed by atoms with E-state index in [2.05, 4.69) is 4.90 Å². The van der Waals surface area contributed by atoms with E-state index in [1.807, 2.05) is 6.92 Å². The van der Waals surface area contributed by atoms with Crippen molar-refractivity contribution in [3.63, 3.8) is 0 Å². The molecule has 3 nitrogen and oxygen atoms in total. The highest BCUT2D eigenvalue weighted by atomic mass is 16.5. The van der Waals surface area contributed by atoms with Crippen LogP contribution in [0, 0.1) is 5.92 Å². The molecular formula is C13H23NO2. The third-order valence-electron chi connectivity index (χ3n) is 4.00. The van der Waals surface area contributed by atoms with Gasteiger partial charge in [0, 0.05) is 12.5 Å². The maximum atomic E-state index is 11.4. The van der Waals surface area contributed by atoms with E-state index in [0.717, 1.165) is 6.04 Å². The summed E-state index contributed by atoms with van der Waals surface area (Å²) in [6, 6.07) is 0.864. The summed E-state index contributed by atoms with van der Waals surface area (Å²) in [5, 5.41) is 0. The first-order valence-corrected chi connectivity index (χ1v) is 6.69. The molecule has 1 aliphatic carbocycles. The van der Waals surface area contributed by atoms with Crippen LogP contribution in [0.3, 0.4) is 0 Å². The summed E-state index contributed by atoms with van der Waals surface area (Å²) < 4.78 is 5.00. The summed E-state index contributed by atoms with van der Waals surface area (Å²) in [6.45, 7) is 4.76. The van der Waals surface area contributed by atoms with Gasteiger partial charge in [-0.3, -0.25) is 4.79 Å². The monoisotopic (exact) mass is 225 g/mol. The molecule has 1 aliphatic heterocycles. The summed E-state index contributed by atoms with van der Waals surface area (Å²) >= 11 is 0. The molecule has 0 spiro atoms. The van der Waals surface area contributed by atoms with E-state index in [4.69, 9.17) is 4.74 Å². The smallest absolute Gasteiger partial charge is 0.306 e. The van der Waals surface area contributed by atoms with E-state index in [1.165, 1.54) is 45.2 Å². The number of esters is 1. The average molecular weight is 225 g/mol. The van der Waals surface area contributed by atoms with Crippen molar-refractivity contribution in [2.75, 3.05) is 19.7 Å². The van der Waals surface area contributed by atoms with Gasteiger partial charge in [-0.1, -0.05) is 6.42 Å². The van der Waals surface area contributed by atoms with Gasteiger partial charge >= 0.3 is 5.97 Å². The molecule has 0 atom stereocenters. The minimum absolute atomic E-state index is 0.00964. The van der Waals surface area contributed by atoms with Crippen LogP contribution in [0.4, 0.5) is 0 Å². The lowest BCUT2D eigenvalue weighted by molar-refractivity contribution is -0.144. The van der Waals surface area contributed by atoms with Crippen molar-refractivity contribution in [3.8, 4) is 0 Å². The molecule has 1 saturated carbocycles. The highest BCUT2D eigenvalue weighted by Gasteiger charge is 2.29. The van der Waals surface area contributed by atoms with Gasteiger partial charge in [0.05, 0.1) is 6.61 Å². The van der Waals surface area contributed by atoms with Crippen molar-refractivity contribution in [1.29, 1.82) is 0 Å². The fourth-order valence-corrected chi connectivity index (χ4v) is 2.73. The van der Waals surface area contributed by atoms with Crippen molar-refractivity contribution >= 4 is 5.97 Å². The number of hydrogen-bond acceptors (Lipinski definition) is 3. The molecule has 92 valence electrons. The molecule has 2 fully saturated rings. The van der Waals surface area contributed by atoms with Gasteiger partial charge in [0.1, 0.15) is 0 Å². The third kappa shape index (κ3) is 2.97. The van der Waals surface area contributed by atoms with Crippen LogP contribution in [-0.2, 0) is 9.53 Å². The Morgan fingerprint density at radius 1 is 1.25 bits per heavy atom. The van der Waals surface area contributed by atoms with E-state index in [1.54, 1.807) is 0 Å². The predicted molar refractivity (Wildman–Crippen MR) is 63.2 cm³/mol. The molecule has 2 aliphatic rings. The molecular weight excluding hydrogens is 202 g/mol. The van der Waals surface area contributed by atoms with Gasteiger partial charge in [-0.25, -0.2) is 0 Å². The van der Waals surface area contributed by atoms with Crippen LogP contribution < -0.4 is 0 Å². The zero-order valence-corrected chi connectivity index (χ0v) is 10.3. The molecule has 2 rings (SSSR count). The summed E-state index contributed by atoms with van der Waals surface area (Å²) in [5.41, 5.74) is 0. The standard InChI is InChI=1S/C13H23NO2/c1-2-16-13(15)10-11-6-8-14(9-7-11)12-4-3-5-12/h11-12H,2-10H2,1H3. The molecule has 0 aromatic heterocycles. The Bertz CT molecular complexity index is 230. The van der Waals surface area contributed by atoms with Crippen molar-refractivity contribution in [2.24, 2.45) is 5.92 Å².